The van der Waals surface area contributed by atoms with Crippen LogP contribution < -0.4 is 5.73 Å². The lowest BCUT2D eigenvalue weighted by Gasteiger charge is -2.57. The van der Waals surface area contributed by atoms with Crippen LogP contribution in [0.4, 0.5) is 0 Å². The summed E-state index contributed by atoms with van der Waals surface area (Å²) in [5, 5.41) is 45.6. The molecule has 5 rings (SSSR count). The maximum absolute atomic E-state index is 13.8. The minimum Gasteiger partial charge on any atom is -0.508 e. The maximum Gasteiger partial charge on any atom is 0.400 e. The van der Waals surface area contributed by atoms with Crippen molar-refractivity contribution < 1.29 is 56.7 Å². The van der Waals surface area contributed by atoms with Gasteiger partial charge in [0, 0.05) is 11.8 Å². The molecular weight excluding hydrogens is 516 g/mol. The first-order valence-corrected chi connectivity index (χ1v) is 12.4. The van der Waals surface area contributed by atoms with Crippen LogP contribution in [0.3, 0.4) is 0 Å². The Kier molecular flexibility index (Phi) is 5.11. The molecule has 14 nitrogen and oxygen atoms in total. The molecule has 1 aromatic rings. The number of carbonyl (C=O) groups is 3. The van der Waals surface area contributed by atoms with Gasteiger partial charge in [-0.2, -0.15) is 8.42 Å². The molecule has 1 aromatic carbocycles. The molecule has 7 N–H and O–H groups in total. The van der Waals surface area contributed by atoms with Crippen LogP contribution in [0.5, 0.6) is 5.75 Å². The normalized spacial score (nSPS) is 40.6. The number of phenolic OH excluding ortho intramolecular Hbond substituents is 1. The van der Waals surface area contributed by atoms with Crippen LogP contribution >= 0.6 is 0 Å². The number of ether oxygens (including phenoxy) is 1. The number of hydrogen-bond acceptors (Lipinski definition) is 12. The number of benzene rings is 1. The van der Waals surface area contributed by atoms with E-state index in [0.717, 1.165) is 0 Å². The number of amides is 1. The van der Waals surface area contributed by atoms with Crippen molar-refractivity contribution in [2.75, 3.05) is 14.1 Å². The first kappa shape index (κ1) is 25.7. The second-order valence-electron chi connectivity index (χ2n) is 10.1. The van der Waals surface area contributed by atoms with E-state index in [4.69, 9.17) is 14.7 Å². The predicted octanol–water partition coefficient (Wildman–Crippen LogP) is -1.89. The number of aliphatic hydroxyl groups excluding tert-OH is 2. The summed E-state index contributed by atoms with van der Waals surface area (Å²) < 4.78 is 45.1. The van der Waals surface area contributed by atoms with Crippen molar-refractivity contribution in [3.63, 3.8) is 0 Å². The molecule has 1 heterocycles. The van der Waals surface area contributed by atoms with Gasteiger partial charge >= 0.3 is 10.4 Å². The van der Waals surface area contributed by atoms with Gasteiger partial charge in [0.25, 0.3) is 5.91 Å². The molecule has 0 aromatic heterocycles. The van der Waals surface area contributed by atoms with Crippen LogP contribution in [-0.4, -0.2) is 93.4 Å². The van der Waals surface area contributed by atoms with Crippen LogP contribution in [0.1, 0.15) is 22.8 Å². The average Bonchev–Trinajstić information content (AvgIpc) is 2.95. The molecule has 1 saturated carbocycles. The SMILES string of the molecule is CN(C)[C@@H]1C(=O)C(C(N)=O)=C(O)[C@]2(O)[C@H]1[C@@H](O)[C@H]1C3C(=O)c4c(O)cccc4[C@@]1(C)O[C@@]32OS(=O)(=O)O. The van der Waals surface area contributed by atoms with Gasteiger partial charge in [0.2, 0.25) is 5.79 Å². The van der Waals surface area contributed by atoms with Crippen molar-refractivity contribution >= 4 is 27.9 Å². The number of nitrogens with zero attached hydrogens (tertiary/aromatic N) is 1. The van der Waals surface area contributed by atoms with E-state index in [0.29, 0.717) is 0 Å². The van der Waals surface area contributed by atoms with E-state index in [-0.39, 0.29) is 11.1 Å². The second kappa shape index (κ2) is 7.35. The fourth-order valence-electron chi connectivity index (χ4n) is 6.92. The Morgan fingerprint density at radius 1 is 1.16 bits per heavy atom. The van der Waals surface area contributed by atoms with Gasteiger partial charge in [0.1, 0.15) is 22.7 Å². The number of likely N-dealkylation sites (N-methyl/N-ethyl adjacent to an activating group) is 1. The number of ketones is 2. The Bertz CT molecular complexity index is 1420. The van der Waals surface area contributed by atoms with E-state index in [1.807, 2.05) is 0 Å². The van der Waals surface area contributed by atoms with Crippen molar-refractivity contribution in [2.24, 2.45) is 23.5 Å². The van der Waals surface area contributed by atoms with E-state index in [1.165, 1.54) is 44.1 Å². The zero-order valence-electron chi connectivity index (χ0n) is 19.6. The standard InChI is InChI=1S/C22H24N2O12S/c1-20-7-5-4-6-8(25)9(7)15(26)12-11(20)17(28)13-14(24(2)3)16(27)10(19(23)30)18(29)21(13,31)22(12,35-20)36-37(32,33)34/h4-6,11-14,17,25,28-29,31H,1-3H3,(H2,23,30)(H,32,33,34)/t11-,12?,13-,14+,17+,20-,21-,22-/m1/s1. The highest BCUT2D eigenvalue weighted by molar-refractivity contribution is 7.80. The predicted molar refractivity (Wildman–Crippen MR) is 119 cm³/mol. The van der Waals surface area contributed by atoms with Gasteiger partial charge in [-0.25, -0.2) is 4.18 Å². The Labute approximate surface area is 209 Å². The smallest absolute Gasteiger partial charge is 0.400 e. The van der Waals surface area contributed by atoms with Crippen LogP contribution in [0.2, 0.25) is 0 Å². The molecule has 4 aliphatic rings. The summed E-state index contributed by atoms with van der Waals surface area (Å²) in [6.07, 6.45) is -1.87. The molecule has 8 atom stereocenters. The van der Waals surface area contributed by atoms with Crippen LogP contribution in [-0.2, 0) is 34.5 Å². The molecule has 0 radical (unpaired) electrons. The number of primary amides is 1. The molecule has 2 fully saturated rings. The van der Waals surface area contributed by atoms with Crippen LogP contribution in [0.25, 0.3) is 0 Å². The number of fused-ring (bicyclic) bond motifs is 4. The van der Waals surface area contributed by atoms with Crippen molar-refractivity contribution in [1.29, 1.82) is 0 Å². The Balaban J connectivity index is 1.95. The van der Waals surface area contributed by atoms with E-state index in [1.54, 1.807) is 0 Å². The topological polar surface area (TPSA) is 234 Å². The zero-order valence-corrected chi connectivity index (χ0v) is 20.5. The Hall–Kier alpha value is -2.92. The minimum absolute atomic E-state index is 0.00724. The largest absolute Gasteiger partial charge is 0.508 e. The molecule has 0 spiro atoms. The minimum atomic E-state index is -5.60. The summed E-state index contributed by atoms with van der Waals surface area (Å²) in [6, 6.07) is 2.30. The third-order valence-corrected chi connectivity index (χ3v) is 8.57. The van der Waals surface area contributed by atoms with Gasteiger partial charge in [-0.3, -0.25) is 23.8 Å². The Morgan fingerprint density at radius 2 is 1.78 bits per heavy atom. The van der Waals surface area contributed by atoms with Gasteiger partial charge in [-0.1, -0.05) is 12.1 Å². The molecule has 15 heteroatoms. The molecule has 1 aliphatic heterocycles. The first-order valence-electron chi connectivity index (χ1n) is 11.0. The average molecular weight is 541 g/mol. The summed E-state index contributed by atoms with van der Waals surface area (Å²) in [5.74, 6) is -14.1. The number of aromatic hydroxyl groups is 1. The van der Waals surface area contributed by atoms with Gasteiger partial charge < -0.3 is 30.9 Å². The third kappa shape index (κ3) is 2.84. The quantitative estimate of drug-likeness (QED) is 0.181. The van der Waals surface area contributed by atoms with Crippen LogP contribution in [0.15, 0.2) is 29.5 Å². The molecule has 3 aliphatic carbocycles. The molecule has 1 amide bonds. The number of nitrogens with two attached hydrogens (primary N) is 1. The van der Waals surface area contributed by atoms with Gasteiger partial charge in [0.15, 0.2) is 17.2 Å². The fourth-order valence-corrected chi connectivity index (χ4v) is 7.50. The van der Waals surface area contributed by atoms with Gasteiger partial charge in [0.05, 0.1) is 23.6 Å². The number of Topliss-reactive ketones (excluding diaryl/α,β-unsaturated/α-hetero) is 2. The summed E-state index contributed by atoms with van der Waals surface area (Å²) in [7, 11) is -2.90. The number of aliphatic hydroxyl groups is 3. The number of phenols is 1. The van der Waals surface area contributed by atoms with Crippen molar-refractivity contribution in [1.82, 2.24) is 4.90 Å². The monoisotopic (exact) mass is 540 g/mol. The molecule has 1 unspecified atom stereocenters. The second-order valence-corrected chi connectivity index (χ2v) is 11.1. The lowest BCUT2D eigenvalue weighted by molar-refractivity contribution is -0.319. The van der Waals surface area contributed by atoms with E-state index >= 15 is 0 Å². The van der Waals surface area contributed by atoms with E-state index < -0.39 is 91.8 Å². The molecule has 37 heavy (non-hydrogen) atoms. The lowest BCUT2D eigenvalue weighted by Crippen LogP contribution is -2.77. The first-order chi connectivity index (χ1) is 17.0. The lowest BCUT2D eigenvalue weighted by atomic mass is 9.50. The van der Waals surface area contributed by atoms with Crippen LogP contribution in [0, 0.1) is 17.8 Å². The van der Waals surface area contributed by atoms with E-state index in [2.05, 4.69) is 0 Å². The Morgan fingerprint density at radius 3 is 2.32 bits per heavy atom. The van der Waals surface area contributed by atoms with Crippen molar-refractivity contribution in [2.45, 2.75) is 36.1 Å². The number of rotatable bonds is 4. The molecule has 200 valence electrons. The van der Waals surface area contributed by atoms with Crippen molar-refractivity contribution in [3.05, 3.63) is 40.7 Å². The van der Waals surface area contributed by atoms with Gasteiger partial charge in [-0.15, -0.1) is 0 Å². The molecular formula is C22H24N2O12S. The van der Waals surface area contributed by atoms with Gasteiger partial charge in [-0.05, 0) is 32.6 Å². The van der Waals surface area contributed by atoms with Crippen molar-refractivity contribution in [3.8, 4) is 5.75 Å². The summed E-state index contributed by atoms with van der Waals surface area (Å²) in [5.41, 5.74) is -1.32. The summed E-state index contributed by atoms with van der Waals surface area (Å²) in [6.45, 7) is 1.33. The number of carbonyl (C=O) groups excluding carboxylic acids is 3. The maximum atomic E-state index is 13.8. The fraction of sp³-hybridized carbons (Fsp3) is 0.500. The summed E-state index contributed by atoms with van der Waals surface area (Å²) >= 11 is 0. The highest BCUT2D eigenvalue weighted by Gasteiger charge is 2.86. The van der Waals surface area contributed by atoms with E-state index in [9.17, 15) is 47.8 Å². The molecule has 4 bridgehead atoms. The summed E-state index contributed by atoms with van der Waals surface area (Å²) in [4.78, 5) is 40.6. The number of hydrogen-bond donors (Lipinski definition) is 6. The third-order valence-electron chi connectivity index (χ3n) is 8.11. The molecule has 1 saturated heterocycles. The zero-order chi connectivity index (χ0) is 27.6. The highest BCUT2D eigenvalue weighted by Crippen LogP contribution is 2.70. The highest BCUT2D eigenvalue weighted by atomic mass is 32.3.